The third-order valence-corrected chi connectivity index (χ3v) is 4.39. The van der Waals surface area contributed by atoms with E-state index in [2.05, 4.69) is 34.6 Å². The molecule has 1 atom stereocenters. The second-order valence-electron chi connectivity index (χ2n) is 6.95. The van der Waals surface area contributed by atoms with Crippen LogP contribution in [0.25, 0.3) is 0 Å². The molecule has 0 aliphatic rings. The first-order chi connectivity index (χ1) is 12.8. The summed E-state index contributed by atoms with van der Waals surface area (Å²) in [7, 11) is 5.43. The Morgan fingerprint density at radius 2 is 2.04 bits per heavy atom. The van der Waals surface area contributed by atoms with Crippen molar-refractivity contribution < 1.29 is 9.53 Å². The first-order valence-corrected chi connectivity index (χ1v) is 9.58. The van der Waals surface area contributed by atoms with Crippen LogP contribution in [-0.4, -0.2) is 73.0 Å². The van der Waals surface area contributed by atoms with Gasteiger partial charge in [-0.25, -0.2) is 4.99 Å². The van der Waals surface area contributed by atoms with Crippen molar-refractivity contribution in [3.05, 3.63) is 17.0 Å². The molecule has 9 heteroatoms. The third kappa shape index (κ3) is 9.22. The summed E-state index contributed by atoms with van der Waals surface area (Å²) < 4.78 is 7.27. The molecule has 0 aliphatic heterocycles. The molecule has 28 heavy (non-hydrogen) atoms. The average Bonchev–Trinajstić information content (AvgIpc) is 2.84. The van der Waals surface area contributed by atoms with Crippen LogP contribution in [0.15, 0.2) is 4.99 Å². The number of aryl methyl sites for hydroxylation is 2. The zero-order valence-corrected chi connectivity index (χ0v) is 20.7. The van der Waals surface area contributed by atoms with Gasteiger partial charge in [-0.15, -0.1) is 24.0 Å². The minimum absolute atomic E-state index is 0. The van der Waals surface area contributed by atoms with E-state index in [-0.39, 0.29) is 42.5 Å². The van der Waals surface area contributed by atoms with Crippen molar-refractivity contribution in [3.63, 3.8) is 0 Å². The number of nitrogens with zero attached hydrogens (tertiary/aromatic N) is 4. The second-order valence-corrected chi connectivity index (χ2v) is 6.95. The van der Waals surface area contributed by atoms with E-state index in [1.165, 1.54) is 11.3 Å². The second kappa shape index (κ2) is 13.8. The number of hydrogen-bond donors (Lipinski definition) is 2. The molecular formula is C19H37IN6O2. The van der Waals surface area contributed by atoms with Crippen molar-refractivity contribution in [2.75, 3.05) is 40.4 Å². The van der Waals surface area contributed by atoms with Gasteiger partial charge in [-0.3, -0.25) is 9.48 Å². The molecule has 0 fully saturated rings. The van der Waals surface area contributed by atoms with E-state index in [4.69, 9.17) is 4.74 Å². The van der Waals surface area contributed by atoms with Gasteiger partial charge < -0.3 is 20.3 Å². The molecule has 1 aromatic heterocycles. The van der Waals surface area contributed by atoms with E-state index < -0.39 is 0 Å². The monoisotopic (exact) mass is 508 g/mol. The molecule has 1 rings (SSSR count). The lowest BCUT2D eigenvalue weighted by molar-refractivity contribution is -0.127. The number of halogens is 1. The summed E-state index contributed by atoms with van der Waals surface area (Å²) in [6, 6.07) is 0.152. The Hall–Kier alpha value is -1.36. The van der Waals surface area contributed by atoms with Gasteiger partial charge in [0.25, 0.3) is 0 Å². The minimum Gasteiger partial charge on any atom is -0.382 e. The number of hydrogen-bond acceptors (Lipinski definition) is 4. The van der Waals surface area contributed by atoms with Crippen molar-refractivity contribution in [3.8, 4) is 0 Å². The Bertz CT molecular complexity index is 630. The van der Waals surface area contributed by atoms with Crippen LogP contribution < -0.4 is 10.6 Å². The molecular weight excluding hydrogens is 471 g/mol. The topological polar surface area (TPSA) is 83.8 Å². The van der Waals surface area contributed by atoms with Crippen LogP contribution in [0, 0.1) is 13.8 Å². The van der Waals surface area contributed by atoms with Gasteiger partial charge in [-0.1, -0.05) is 0 Å². The minimum atomic E-state index is -0.0305. The molecule has 1 heterocycles. The molecule has 1 amide bonds. The lowest BCUT2D eigenvalue weighted by atomic mass is 10.1. The van der Waals surface area contributed by atoms with Gasteiger partial charge in [0.15, 0.2) is 5.96 Å². The number of aliphatic imine (C=N–C) groups is 1. The Morgan fingerprint density at radius 3 is 2.57 bits per heavy atom. The number of ether oxygens (including phenoxy) is 1. The first-order valence-electron chi connectivity index (χ1n) is 9.58. The number of guanidine groups is 1. The largest absolute Gasteiger partial charge is 0.382 e. The van der Waals surface area contributed by atoms with E-state index in [1.54, 1.807) is 19.0 Å². The highest BCUT2D eigenvalue weighted by Gasteiger charge is 2.14. The van der Waals surface area contributed by atoms with Crippen molar-refractivity contribution in [2.45, 2.75) is 46.6 Å². The average molecular weight is 508 g/mol. The fourth-order valence-electron chi connectivity index (χ4n) is 2.67. The number of rotatable bonds is 10. The predicted octanol–water partition coefficient (Wildman–Crippen LogP) is 1.64. The highest BCUT2D eigenvalue weighted by Crippen LogP contribution is 2.14. The van der Waals surface area contributed by atoms with Gasteiger partial charge in [-0.05, 0) is 46.1 Å². The fourth-order valence-corrected chi connectivity index (χ4v) is 2.67. The Kier molecular flexibility index (Phi) is 13.1. The Labute approximate surface area is 186 Å². The molecule has 2 N–H and O–H groups in total. The highest BCUT2D eigenvalue weighted by molar-refractivity contribution is 14.0. The zero-order valence-electron chi connectivity index (χ0n) is 18.3. The summed E-state index contributed by atoms with van der Waals surface area (Å²) in [5.41, 5.74) is 3.47. The van der Waals surface area contributed by atoms with Gasteiger partial charge in [0, 0.05) is 52.6 Å². The van der Waals surface area contributed by atoms with Crippen LogP contribution in [-0.2, 0) is 23.0 Å². The molecule has 0 bridgehead atoms. The number of amides is 1. The molecule has 162 valence electrons. The van der Waals surface area contributed by atoms with E-state index in [1.807, 2.05) is 25.6 Å². The van der Waals surface area contributed by atoms with Crippen LogP contribution >= 0.6 is 24.0 Å². The summed E-state index contributed by atoms with van der Waals surface area (Å²) in [6.45, 7) is 10.5. The molecule has 0 aromatic carbocycles. The fraction of sp³-hybridized carbons (Fsp3) is 0.737. The number of likely N-dealkylation sites (N-methyl/N-ethyl adjacent to an activating group) is 1. The van der Waals surface area contributed by atoms with Gasteiger partial charge >= 0.3 is 0 Å². The van der Waals surface area contributed by atoms with Gasteiger partial charge in [-0.2, -0.15) is 5.10 Å². The maximum Gasteiger partial charge on any atom is 0.243 e. The molecule has 0 radical (unpaired) electrons. The van der Waals surface area contributed by atoms with Crippen LogP contribution in [0.5, 0.6) is 0 Å². The molecule has 8 nitrogen and oxygen atoms in total. The van der Waals surface area contributed by atoms with Crippen molar-refractivity contribution in [1.82, 2.24) is 25.3 Å². The van der Waals surface area contributed by atoms with Crippen LogP contribution in [0.3, 0.4) is 0 Å². The summed E-state index contributed by atoms with van der Waals surface area (Å²) >= 11 is 0. The highest BCUT2D eigenvalue weighted by atomic mass is 127. The number of aromatic nitrogens is 2. The van der Waals surface area contributed by atoms with E-state index in [9.17, 15) is 4.79 Å². The maximum absolute atomic E-state index is 11.9. The van der Waals surface area contributed by atoms with Crippen molar-refractivity contribution >= 4 is 35.8 Å². The van der Waals surface area contributed by atoms with Gasteiger partial charge in [0.1, 0.15) is 6.54 Å². The molecule has 1 aromatic rings. The first kappa shape index (κ1) is 26.6. The standard InChI is InChI=1S/C19H36N6O2.HI/c1-8-27-11-9-10-20-19(21-13-18(26)24(5)6)22-14(2)12-17-15(3)23-25(7)16(17)4;/h14H,8-13H2,1-7H3,(H2,20,21,22);1H. The lowest BCUT2D eigenvalue weighted by Gasteiger charge is -2.19. The Morgan fingerprint density at radius 1 is 1.36 bits per heavy atom. The smallest absolute Gasteiger partial charge is 0.243 e. The van der Waals surface area contributed by atoms with E-state index in [0.29, 0.717) is 12.6 Å². The summed E-state index contributed by atoms with van der Waals surface area (Å²) in [4.78, 5) is 17.8. The van der Waals surface area contributed by atoms with Crippen molar-refractivity contribution in [1.29, 1.82) is 0 Å². The number of nitrogens with one attached hydrogen (secondary N) is 2. The lowest BCUT2D eigenvalue weighted by Crippen LogP contribution is -2.44. The zero-order chi connectivity index (χ0) is 20.4. The molecule has 0 spiro atoms. The quantitative estimate of drug-likeness (QED) is 0.217. The number of carbonyl (C=O) groups excluding carboxylic acids is 1. The van der Waals surface area contributed by atoms with Crippen molar-refractivity contribution in [2.24, 2.45) is 12.0 Å². The SMILES string of the molecule is CCOCCCNC(=NCC(=O)N(C)C)NC(C)Cc1c(C)nn(C)c1C.I. The van der Waals surface area contributed by atoms with Crippen LogP contribution in [0.1, 0.15) is 37.2 Å². The summed E-state index contributed by atoms with van der Waals surface area (Å²) in [5, 5.41) is 11.2. The molecule has 0 saturated heterocycles. The maximum atomic E-state index is 11.9. The normalized spacial score (nSPS) is 12.3. The number of carbonyl (C=O) groups is 1. The predicted molar refractivity (Wildman–Crippen MR) is 125 cm³/mol. The summed E-state index contributed by atoms with van der Waals surface area (Å²) in [6.07, 6.45) is 1.72. The third-order valence-electron chi connectivity index (χ3n) is 4.39. The Balaban J connectivity index is 0.00000729. The van der Waals surface area contributed by atoms with E-state index >= 15 is 0 Å². The van der Waals surface area contributed by atoms with Gasteiger partial charge in [0.2, 0.25) is 5.91 Å². The van der Waals surface area contributed by atoms with Crippen LogP contribution in [0.4, 0.5) is 0 Å². The van der Waals surface area contributed by atoms with Crippen LogP contribution in [0.2, 0.25) is 0 Å². The van der Waals surface area contributed by atoms with Gasteiger partial charge in [0.05, 0.1) is 5.69 Å². The van der Waals surface area contributed by atoms with E-state index in [0.717, 1.165) is 31.7 Å². The molecule has 0 saturated carbocycles. The molecule has 0 aliphatic carbocycles. The molecule has 1 unspecified atom stereocenters. The summed E-state index contributed by atoms with van der Waals surface area (Å²) in [5.74, 6) is 0.616.